The van der Waals surface area contributed by atoms with Gasteiger partial charge in [0.05, 0.1) is 24.9 Å². The lowest BCUT2D eigenvalue weighted by molar-refractivity contribution is -0.243. The van der Waals surface area contributed by atoms with Gasteiger partial charge in [0.1, 0.15) is 13.2 Å². The number of rotatable bonds is 5. The number of amides is 1. The van der Waals surface area contributed by atoms with Crippen LogP contribution in [0.1, 0.15) is 65.2 Å². The third kappa shape index (κ3) is 4.52. The molecule has 0 unspecified atom stereocenters. The van der Waals surface area contributed by atoms with Gasteiger partial charge in [-0.3, -0.25) is 4.90 Å². The van der Waals surface area contributed by atoms with Crippen LogP contribution in [-0.2, 0) is 19.0 Å². The molecular formula is C30H46N2O7. The summed E-state index contributed by atoms with van der Waals surface area (Å²) in [5, 5.41) is 27.2. The summed E-state index contributed by atoms with van der Waals surface area (Å²) < 4.78 is 16.1. The van der Waals surface area contributed by atoms with E-state index in [-0.39, 0.29) is 47.9 Å². The van der Waals surface area contributed by atoms with Crippen LogP contribution in [-0.4, -0.2) is 91.0 Å². The Balaban J connectivity index is 1.09. The standard InChI is InChI=1S/C30H46N2O7/c1-28-7-5-21(31-27(35)38-14-11-32-9-12-37-13-10-32)16-20(28)3-4-23-24(28)17-25(33)29(2)22(6-8-30(23,29)36)19-15-26(34)39-18-19/h15,20-25,33,36H,3-14,16-18H2,1-2H3,(H,31,35)/t20-,21+,22-,23-,24+,25-,28+,29+,30+/m1/s1. The Kier molecular flexibility index (Phi) is 7.26. The molecule has 2 heterocycles. The fraction of sp³-hybridized carbons (Fsp3) is 0.867. The summed E-state index contributed by atoms with van der Waals surface area (Å²) in [6, 6.07) is 0.0973. The molecule has 9 nitrogen and oxygen atoms in total. The summed E-state index contributed by atoms with van der Waals surface area (Å²) in [6.07, 6.45) is 7.44. The Hall–Kier alpha value is -1.68. The van der Waals surface area contributed by atoms with Crippen LogP contribution < -0.4 is 5.32 Å². The largest absolute Gasteiger partial charge is 0.458 e. The Bertz CT molecular complexity index is 998. The number of alkyl carbamates (subject to hydrolysis) is 1. The highest BCUT2D eigenvalue weighted by molar-refractivity contribution is 5.85. The fourth-order valence-electron chi connectivity index (χ4n) is 9.82. The van der Waals surface area contributed by atoms with E-state index in [1.807, 2.05) is 0 Å². The number of hydrogen-bond donors (Lipinski definition) is 3. The first kappa shape index (κ1) is 27.5. The quantitative estimate of drug-likeness (QED) is 0.451. The number of nitrogens with zero attached hydrogens (tertiary/aromatic N) is 1. The van der Waals surface area contributed by atoms with Gasteiger partial charge in [-0.05, 0) is 86.0 Å². The smallest absolute Gasteiger partial charge is 0.407 e. The highest BCUT2D eigenvalue weighted by Gasteiger charge is 2.70. The Morgan fingerprint density at radius 2 is 1.92 bits per heavy atom. The number of cyclic esters (lactones) is 1. The van der Waals surface area contributed by atoms with Crippen molar-refractivity contribution in [2.24, 2.45) is 34.5 Å². The summed E-state index contributed by atoms with van der Waals surface area (Å²) in [5.41, 5.74) is -0.691. The molecule has 4 saturated carbocycles. The van der Waals surface area contributed by atoms with Crippen molar-refractivity contribution in [3.63, 3.8) is 0 Å². The molecule has 0 aromatic heterocycles. The topological polar surface area (TPSA) is 118 Å². The molecule has 5 fully saturated rings. The monoisotopic (exact) mass is 546 g/mol. The number of carbonyl (C=O) groups excluding carboxylic acids is 2. The Labute approximate surface area is 231 Å². The van der Waals surface area contributed by atoms with Crippen molar-refractivity contribution >= 4 is 12.1 Å². The molecule has 9 heteroatoms. The highest BCUT2D eigenvalue weighted by atomic mass is 16.5. The van der Waals surface area contributed by atoms with Crippen molar-refractivity contribution in [1.29, 1.82) is 0 Å². The lowest BCUT2D eigenvalue weighted by atomic mass is 9.42. The number of aliphatic hydroxyl groups excluding tert-OH is 1. The van der Waals surface area contributed by atoms with Crippen molar-refractivity contribution < 1.29 is 34.0 Å². The summed E-state index contributed by atoms with van der Waals surface area (Å²) in [7, 11) is 0. The molecule has 0 bridgehead atoms. The Morgan fingerprint density at radius 1 is 1.13 bits per heavy atom. The molecule has 1 saturated heterocycles. The van der Waals surface area contributed by atoms with Crippen LogP contribution in [0.4, 0.5) is 4.79 Å². The second-order valence-corrected chi connectivity index (χ2v) is 13.6. The first-order valence-corrected chi connectivity index (χ1v) is 15.2. The zero-order valence-electron chi connectivity index (χ0n) is 23.5. The first-order chi connectivity index (χ1) is 18.6. The van der Waals surface area contributed by atoms with E-state index in [0.717, 1.165) is 76.9 Å². The zero-order valence-corrected chi connectivity index (χ0v) is 23.5. The van der Waals surface area contributed by atoms with Crippen molar-refractivity contribution in [2.45, 2.75) is 83.0 Å². The van der Waals surface area contributed by atoms with Gasteiger partial charge in [0.2, 0.25) is 0 Å². The maximum Gasteiger partial charge on any atom is 0.407 e. The van der Waals surface area contributed by atoms with Gasteiger partial charge < -0.3 is 29.7 Å². The molecule has 6 rings (SSSR count). The number of fused-ring (bicyclic) bond motifs is 5. The van der Waals surface area contributed by atoms with Crippen molar-refractivity contribution in [2.75, 3.05) is 46.1 Å². The first-order valence-electron chi connectivity index (χ1n) is 15.2. The van der Waals surface area contributed by atoms with Gasteiger partial charge in [-0.25, -0.2) is 9.59 Å². The van der Waals surface area contributed by atoms with Crippen LogP contribution in [0.5, 0.6) is 0 Å². The highest BCUT2D eigenvalue weighted by Crippen LogP contribution is 2.69. The lowest BCUT2D eigenvalue weighted by Gasteiger charge is -2.65. The number of hydrogen-bond acceptors (Lipinski definition) is 8. The molecular weight excluding hydrogens is 500 g/mol. The summed E-state index contributed by atoms with van der Waals surface area (Å²) >= 11 is 0. The predicted molar refractivity (Wildman–Crippen MR) is 143 cm³/mol. The van der Waals surface area contributed by atoms with Crippen molar-refractivity contribution in [3.05, 3.63) is 11.6 Å². The fourth-order valence-corrected chi connectivity index (χ4v) is 9.82. The number of nitrogens with one attached hydrogen (secondary N) is 1. The number of carbonyl (C=O) groups is 2. The minimum absolute atomic E-state index is 0.0170. The number of esters is 1. The van der Waals surface area contributed by atoms with Crippen molar-refractivity contribution in [1.82, 2.24) is 10.2 Å². The maximum absolute atomic E-state index is 12.5. The summed E-state index contributed by atoms with van der Waals surface area (Å²) in [6.45, 7) is 9.04. The van der Waals surface area contributed by atoms with Gasteiger partial charge in [0, 0.05) is 37.2 Å². The van der Waals surface area contributed by atoms with E-state index in [9.17, 15) is 19.8 Å². The van der Waals surface area contributed by atoms with E-state index in [2.05, 4.69) is 24.1 Å². The van der Waals surface area contributed by atoms with E-state index >= 15 is 0 Å². The van der Waals surface area contributed by atoms with Crippen LogP contribution in [0.15, 0.2) is 11.6 Å². The summed E-state index contributed by atoms with van der Waals surface area (Å²) in [5.74, 6) is 0.452. The molecule has 3 N–H and O–H groups in total. The van der Waals surface area contributed by atoms with E-state index < -0.39 is 17.1 Å². The van der Waals surface area contributed by atoms with Crippen LogP contribution in [0.2, 0.25) is 0 Å². The number of ether oxygens (including phenoxy) is 3. The maximum atomic E-state index is 12.5. The molecule has 0 radical (unpaired) electrons. The third-order valence-corrected chi connectivity index (χ3v) is 12.1. The van der Waals surface area contributed by atoms with Crippen molar-refractivity contribution in [3.8, 4) is 0 Å². The average molecular weight is 547 g/mol. The molecule has 218 valence electrons. The lowest BCUT2D eigenvalue weighted by Crippen LogP contribution is -2.67. The van der Waals surface area contributed by atoms with Crippen LogP contribution in [0.3, 0.4) is 0 Å². The molecule has 0 aromatic carbocycles. The molecule has 39 heavy (non-hydrogen) atoms. The van der Waals surface area contributed by atoms with Crippen LogP contribution >= 0.6 is 0 Å². The normalized spacial score (nSPS) is 45.9. The van der Waals surface area contributed by atoms with E-state index in [0.29, 0.717) is 25.4 Å². The second kappa shape index (κ2) is 10.3. The van der Waals surface area contributed by atoms with E-state index in [1.165, 1.54) is 0 Å². The number of morpholine rings is 1. The van der Waals surface area contributed by atoms with Gasteiger partial charge in [-0.15, -0.1) is 0 Å². The van der Waals surface area contributed by atoms with Gasteiger partial charge in [-0.2, -0.15) is 0 Å². The minimum atomic E-state index is -0.958. The molecule has 2 aliphatic heterocycles. The van der Waals surface area contributed by atoms with Gasteiger partial charge in [0.15, 0.2) is 0 Å². The molecule has 0 aromatic rings. The molecule has 0 spiro atoms. The Morgan fingerprint density at radius 3 is 2.67 bits per heavy atom. The second-order valence-electron chi connectivity index (χ2n) is 13.6. The molecule has 6 aliphatic rings. The molecule has 1 amide bonds. The summed E-state index contributed by atoms with van der Waals surface area (Å²) in [4.78, 5) is 26.6. The zero-order chi connectivity index (χ0) is 27.4. The van der Waals surface area contributed by atoms with Gasteiger partial charge in [0.25, 0.3) is 0 Å². The van der Waals surface area contributed by atoms with Crippen LogP contribution in [0.25, 0.3) is 0 Å². The van der Waals surface area contributed by atoms with E-state index in [4.69, 9.17) is 14.2 Å². The molecule has 9 atom stereocenters. The molecule has 4 aliphatic carbocycles. The predicted octanol–water partition coefficient (Wildman–Crippen LogP) is 2.64. The van der Waals surface area contributed by atoms with E-state index in [1.54, 1.807) is 6.08 Å². The van der Waals surface area contributed by atoms with Crippen LogP contribution in [0, 0.1) is 34.5 Å². The minimum Gasteiger partial charge on any atom is -0.458 e. The average Bonchev–Trinajstić information content (AvgIpc) is 3.46. The number of aliphatic hydroxyl groups is 2. The SMILES string of the molecule is C[C@]12CC[C@H](NC(=O)OCCN3CCOCC3)C[C@H]1CC[C@@H]1[C@@H]2C[C@@H](O)[C@]2(C)[C@@H](C3=CC(=O)OC3)CC[C@]12O. The van der Waals surface area contributed by atoms with Gasteiger partial charge in [-0.1, -0.05) is 13.8 Å². The van der Waals surface area contributed by atoms with Gasteiger partial charge >= 0.3 is 12.1 Å². The third-order valence-electron chi connectivity index (χ3n) is 12.1.